The molecule has 0 aliphatic carbocycles. The molecule has 1 aromatic carbocycles. The van der Waals surface area contributed by atoms with Crippen molar-refractivity contribution in [3.63, 3.8) is 0 Å². The number of rotatable bonds is 4. The van der Waals surface area contributed by atoms with E-state index in [4.69, 9.17) is 5.73 Å². The number of hydrogen-bond acceptors (Lipinski definition) is 3. The molecule has 4 heteroatoms. The number of nitrogens with one attached hydrogen (secondary N) is 1. The Morgan fingerprint density at radius 3 is 2.86 bits per heavy atom. The summed E-state index contributed by atoms with van der Waals surface area (Å²) in [5.41, 5.74) is 6.32. The maximum Gasteiger partial charge on any atom is 0.234 e. The molecule has 0 saturated heterocycles. The van der Waals surface area contributed by atoms with Crippen LogP contribution >= 0.6 is 11.8 Å². The third kappa shape index (κ3) is 3.05. The Morgan fingerprint density at radius 1 is 1.50 bits per heavy atom. The van der Waals surface area contributed by atoms with Gasteiger partial charge >= 0.3 is 0 Å². The predicted molar refractivity (Wildman–Crippen MR) is 59.1 cm³/mol. The van der Waals surface area contributed by atoms with Gasteiger partial charge in [-0.3, -0.25) is 4.79 Å². The van der Waals surface area contributed by atoms with Crippen LogP contribution in [0.5, 0.6) is 0 Å². The number of nitrogens with two attached hydrogens (primary N) is 1. The van der Waals surface area contributed by atoms with Gasteiger partial charge in [0, 0.05) is 11.4 Å². The quantitative estimate of drug-likeness (QED) is 0.728. The van der Waals surface area contributed by atoms with Crippen molar-refractivity contribution >= 4 is 17.7 Å². The number of carbonyl (C=O) groups is 1. The molecule has 76 valence electrons. The second-order valence-electron chi connectivity index (χ2n) is 2.79. The highest BCUT2D eigenvalue weighted by Crippen LogP contribution is 2.19. The number of amides is 1. The fraction of sp³-hybridized carbons (Fsp3) is 0.300. The van der Waals surface area contributed by atoms with E-state index in [1.165, 1.54) is 4.90 Å². The lowest BCUT2D eigenvalue weighted by Gasteiger charge is -2.07. The summed E-state index contributed by atoms with van der Waals surface area (Å²) in [7, 11) is 0. The summed E-state index contributed by atoms with van der Waals surface area (Å²) in [6, 6.07) is 7.99. The Hall–Kier alpha value is -1.00. The topological polar surface area (TPSA) is 55.1 Å². The van der Waals surface area contributed by atoms with Crippen LogP contribution in [0.25, 0.3) is 0 Å². The van der Waals surface area contributed by atoms with Crippen LogP contribution in [-0.2, 0) is 11.3 Å². The van der Waals surface area contributed by atoms with Gasteiger partial charge in [0.05, 0.1) is 6.54 Å². The molecule has 1 rings (SSSR count). The maximum absolute atomic E-state index is 10.9. The number of carbonyl (C=O) groups excluding carboxylic acids is 1. The zero-order valence-electron chi connectivity index (χ0n) is 8.12. The average molecular weight is 210 g/mol. The molecule has 0 aromatic heterocycles. The normalized spacial score (nSPS) is 9.86. The molecular weight excluding hydrogens is 196 g/mol. The Bertz CT molecular complexity index is 315. The van der Waals surface area contributed by atoms with Crippen molar-refractivity contribution in [1.82, 2.24) is 5.32 Å². The second-order valence-corrected chi connectivity index (χ2v) is 3.64. The fourth-order valence-electron chi connectivity index (χ4n) is 1.11. The van der Waals surface area contributed by atoms with E-state index >= 15 is 0 Å². The highest BCUT2D eigenvalue weighted by molar-refractivity contribution is 7.98. The molecule has 0 spiro atoms. The molecule has 0 radical (unpaired) electrons. The summed E-state index contributed by atoms with van der Waals surface area (Å²) in [5, 5.41) is 2.75. The molecule has 0 heterocycles. The van der Waals surface area contributed by atoms with Gasteiger partial charge in [0.15, 0.2) is 0 Å². The smallest absolute Gasteiger partial charge is 0.234 e. The average Bonchev–Trinajstić information content (AvgIpc) is 2.26. The van der Waals surface area contributed by atoms with E-state index in [0.717, 1.165) is 5.56 Å². The minimum atomic E-state index is -0.124. The minimum absolute atomic E-state index is 0.0431. The van der Waals surface area contributed by atoms with Gasteiger partial charge < -0.3 is 11.1 Å². The fourth-order valence-corrected chi connectivity index (χ4v) is 1.73. The summed E-state index contributed by atoms with van der Waals surface area (Å²) in [5.74, 6) is -0.124. The van der Waals surface area contributed by atoms with E-state index in [0.29, 0.717) is 6.54 Å². The van der Waals surface area contributed by atoms with E-state index in [1.54, 1.807) is 11.8 Å². The standard InChI is InChI=1S/C10H14N2OS/c1-14-9-5-3-2-4-8(9)7-12-10(13)6-11/h2-5H,6-7,11H2,1H3,(H,12,13). The van der Waals surface area contributed by atoms with Crippen molar-refractivity contribution in [2.24, 2.45) is 5.73 Å². The van der Waals surface area contributed by atoms with Gasteiger partial charge in [-0.25, -0.2) is 0 Å². The Labute approximate surface area is 88.1 Å². The van der Waals surface area contributed by atoms with E-state index in [-0.39, 0.29) is 12.5 Å². The van der Waals surface area contributed by atoms with Gasteiger partial charge in [0.1, 0.15) is 0 Å². The minimum Gasteiger partial charge on any atom is -0.351 e. The van der Waals surface area contributed by atoms with Crippen LogP contribution in [0, 0.1) is 0 Å². The van der Waals surface area contributed by atoms with E-state index in [9.17, 15) is 4.79 Å². The van der Waals surface area contributed by atoms with Crippen molar-refractivity contribution in [3.8, 4) is 0 Å². The second kappa shape index (κ2) is 5.67. The zero-order valence-corrected chi connectivity index (χ0v) is 8.93. The first-order valence-corrected chi connectivity index (χ1v) is 5.59. The third-order valence-electron chi connectivity index (χ3n) is 1.85. The van der Waals surface area contributed by atoms with Crippen molar-refractivity contribution in [2.45, 2.75) is 11.4 Å². The Morgan fingerprint density at radius 2 is 2.21 bits per heavy atom. The number of benzene rings is 1. The van der Waals surface area contributed by atoms with Crippen LogP contribution < -0.4 is 11.1 Å². The molecule has 1 amide bonds. The number of thioether (sulfide) groups is 1. The van der Waals surface area contributed by atoms with Gasteiger partial charge in [0.25, 0.3) is 0 Å². The first-order chi connectivity index (χ1) is 6.77. The monoisotopic (exact) mass is 210 g/mol. The van der Waals surface area contributed by atoms with E-state index in [1.807, 2.05) is 30.5 Å². The van der Waals surface area contributed by atoms with Crippen LogP contribution in [-0.4, -0.2) is 18.7 Å². The van der Waals surface area contributed by atoms with Crippen molar-refractivity contribution in [3.05, 3.63) is 29.8 Å². The molecule has 0 atom stereocenters. The molecule has 0 aliphatic rings. The third-order valence-corrected chi connectivity index (χ3v) is 2.69. The first kappa shape index (κ1) is 11.1. The summed E-state index contributed by atoms with van der Waals surface area (Å²) < 4.78 is 0. The van der Waals surface area contributed by atoms with Crippen LogP contribution in [0.3, 0.4) is 0 Å². The molecule has 0 fully saturated rings. The lowest BCUT2D eigenvalue weighted by Crippen LogP contribution is -2.29. The lowest BCUT2D eigenvalue weighted by atomic mass is 10.2. The lowest BCUT2D eigenvalue weighted by molar-refractivity contribution is -0.119. The maximum atomic E-state index is 10.9. The summed E-state index contributed by atoms with van der Waals surface area (Å²) in [6.45, 7) is 0.592. The van der Waals surface area contributed by atoms with Crippen LogP contribution in [0.4, 0.5) is 0 Å². The molecule has 3 N–H and O–H groups in total. The van der Waals surface area contributed by atoms with Crippen LogP contribution in [0.2, 0.25) is 0 Å². The SMILES string of the molecule is CSc1ccccc1CNC(=O)CN. The van der Waals surface area contributed by atoms with Crippen molar-refractivity contribution in [1.29, 1.82) is 0 Å². The molecule has 1 aromatic rings. The Balaban J connectivity index is 2.61. The molecule has 14 heavy (non-hydrogen) atoms. The summed E-state index contributed by atoms with van der Waals surface area (Å²) >= 11 is 1.67. The van der Waals surface area contributed by atoms with Gasteiger partial charge in [0.2, 0.25) is 5.91 Å². The van der Waals surface area contributed by atoms with Crippen LogP contribution in [0.1, 0.15) is 5.56 Å². The predicted octanol–water partition coefficient (Wildman–Crippen LogP) is 0.983. The molecule has 0 saturated carbocycles. The van der Waals surface area contributed by atoms with Crippen LogP contribution in [0.15, 0.2) is 29.2 Å². The summed E-state index contributed by atoms with van der Waals surface area (Å²) in [4.78, 5) is 12.1. The number of hydrogen-bond donors (Lipinski definition) is 2. The first-order valence-electron chi connectivity index (χ1n) is 4.36. The molecule has 0 aliphatic heterocycles. The Kier molecular flexibility index (Phi) is 4.49. The molecule has 3 nitrogen and oxygen atoms in total. The van der Waals surface area contributed by atoms with Gasteiger partial charge in [-0.2, -0.15) is 0 Å². The molecule has 0 bridgehead atoms. The van der Waals surface area contributed by atoms with Gasteiger partial charge in [-0.05, 0) is 17.9 Å². The van der Waals surface area contributed by atoms with E-state index < -0.39 is 0 Å². The van der Waals surface area contributed by atoms with Gasteiger partial charge in [-0.1, -0.05) is 18.2 Å². The van der Waals surface area contributed by atoms with Crippen molar-refractivity contribution in [2.75, 3.05) is 12.8 Å². The molecule has 0 unspecified atom stereocenters. The van der Waals surface area contributed by atoms with E-state index in [2.05, 4.69) is 5.32 Å². The largest absolute Gasteiger partial charge is 0.351 e. The van der Waals surface area contributed by atoms with Crippen molar-refractivity contribution < 1.29 is 4.79 Å². The summed E-state index contributed by atoms with van der Waals surface area (Å²) in [6.07, 6.45) is 2.02. The highest BCUT2D eigenvalue weighted by Gasteiger charge is 2.01. The molecular formula is C10H14N2OS. The van der Waals surface area contributed by atoms with Gasteiger partial charge in [-0.15, -0.1) is 11.8 Å². The highest BCUT2D eigenvalue weighted by atomic mass is 32.2. The zero-order chi connectivity index (χ0) is 10.4.